The Bertz CT molecular complexity index is 999. The van der Waals surface area contributed by atoms with E-state index in [1.807, 2.05) is 25.1 Å². The zero-order valence-corrected chi connectivity index (χ0v) is 17.8. The molecule has 2 aromatic rings. The van der Waals surface area contributed by atoms with Crippen LogP contribution >= 0.6 is 0 Å². The molecular weight excluding hydrogens is 404 g/mol. The number of carbonyl (C=O) groups is 1. The number of nitrogens with zero attached hydrogens (tertiary/aromatic N) is 4. The van der Waals surface area contributed by atoms with Crippen LogP contribution in [-0.2, 0) is 14.8 Å². The number of rotatable bonds is 4. The Morgan fingerprint density at radius 3 is 2.40 bits per heavy atom. The first-order chi connectivity index (χ1) is 14.5. The SMILES string of the molecule is Cc1ccc(S(=O)(=O)N2CCOCC2)cc1C(=O)N1CCN(c2ccccn2)CC1. The molecule has 160 valence electrons. The van der Waals surface area contributed by atoms with Gasteiger partial charge in [0.1, 0.15) is 5.82 Å². The minimum Gasteiger partial charge on any atom is -0.379 e. The van der Waals surface area contributed by atoms with Crippen LogP contribution in [0.3, 0.4) is 0 Å². The zero-order valence-electron chi connectivity index (χ0n) is 17.0. The van der Waals surface area contributed by atoms with Crippen molar-refractivity contribution in [3.63, 3.8) is 0 Å². The van der Waals surface area contributed by atoms with E-state index in [4.69, 9.17) is 4.74 Å². The number of morpholine rings is 1. The summed E-state index contributed by atoms with van der Waals surface area (Å²) >= 11 is 0. The lowest BCUT2D eigenvalue weighted by atomic mass is 10.1. The number of benzene rings is 1. The molecule has 8 nitrogen and oxygen atoms in total. The Balaban J connectivity index is 1.50. The van der Waals surface area contributed by atoms with Crippen LogP contribution in [0, 0.1) is 6.92 Å². The van der Waals surface area contributed by atoms with Gasteiger partial charge < -0.3 is 14.5 Å². The normalized spacial score (nSPS) is 18.4. The number of ether oxygens (including phenoxy) is 1. The Labute approximate surface area is 177 Å². The zero-order chi connectivity index (χ0) is 21.1. The Hall–Kier alpha value is -2.49. The third-order valence-electron chi connectivity index (χ3n) is 5.59. The van der Waals surface area contributed by atoms with Crippen molar-refractivity contribution in [3.8, 4) is 0 Å². The van der Waals surface area contributed by atoms with Crippen LogP contribution in [0.2, 0.25) is 0 Å². The van der Waals surface area contributed by atoms with E-state index < -0.39 is 10.0 Å². The van der Waals surface area contributed by atoms with E-state index in [0.717, 1.165) is 11.4 Å². The van der Waals surface area contributed by atoms with Gasteiger partial charge in [0.05, 0.1) is 18.1 Å². The number of hydrogen-bond acceptors (Lipinski definition) is 6. The molecule has 0 N–H and O–H groups in total. The summed E-state index contributed by atoms with van der Waals surface area (Å²) in [5.74, 6) is 0.770. The number of sulfonamides is 1. The summed E-state index contributed by atoms with van der Waals surface area (Å²) < 4.78 is 32.6. The van der Waals surface area contributed by atoms with Gasteiger partial charge in [-0.3, -0.25) is 4.79 Å². The number of aryl methyl sites for hydroxylation is 1. The van der Waals surface area contributed by atoms with E-state index in [0.29, 0.717) is 58.0 Å². The molecular formula is C21H26N4O4S. The fraction of sp³-hybridized carbons (Fsp3) is 0.429. The fourth-order valence-electron chi connectivity index (χ4n) is 3.78. The van der Waals surface area contributed by atoms with Crippen LogP contribution in [-0.4, -0.2) is 81.0 Å². The van der Waals surface area contributed by atoms with E-state index in [2.05, 4.69) is 9.88 Å². The minimum absolute atomic E-state index is 0.132. The fourth-order valence-corrected chi connectivity index (χ4v) is 5.21. The third-order valence-corrected chi connectivity index (χ3v) is 7.48. The maximum atomic E-state index is 13.2. The van der Waals surface area contributed by atoms with Gasteiger partial charge in [-0.2, -0.15) is 4.31 Å². The van der Waals surface area contributed by atoms with Gasteiger partial charge in [0.15, 0.2) is 0 Å². The molecule has 2 aliphatic heterocycles. The average Bonchev–Trinajstić information content (AvgIpc) is 2.80. The van der Waals surface area contributed by atoms with Gasteiger partial charge in [-0.25, -0.2) is 13.4 Å². The molecule has 2 fully saturated rings. The summed E-state index contributed by atoms with van der Waals surface area (Å²) in [4.78, 5) is 21.6. The lowest BCUT2D eigenvalue weighted by molar-refractivity contribution is 0.0729. The first kappa shape index (κ1) is 20.8. The summed E-state index contributed by atoms with van der Waals surface area (Å²) in [6.07, 6.45) is 1.76. The van der Waals surface area contributed by atoms with Gasteiger partial charge in [0.2, 0.25) is 10.0 Å². The highest BCUT2D eigenvalue weighted by atomic mass is 32.2. The van der Waals surface area contributed by atoms with Gasteiger partial charge in [-0.15, -0.1) is 0 Å². The Morgan fingerprint density at radius 1 is 1.00 bits per heavy atom. The molecule has 0 bridgehead atoms. The molecule has 9 heteroatoms. The van der Waals surface area contributed by atoms with Crippen LogP contribution in [0.15, 0.2) is 47.5 Å². The molecule has 0 aliphatic carbocycles. The quantitative estimate of drug-likeness (QED) is 0.729. The predicted octanol–water partition coefficient (Wildman–Crippen LogP) is 1.37. The van der Waals surface area contributed by atoms with Crippen LogP contribution in [0.4, 0.5) is 5.82 Å². The molecule has 0 radical (unpaired) electrons. The highest BCUT2D eigenvalue weighted by Gasteiger charge is 2.29. The van der Waals surface area contributed by atoms with Crippen molar-refractivity contribution in [3.05, 3.63) is 53.7 Å². The van der Waals surface area contributed by atoms with Gasteiger partial charge in [0, 0.05) is 51.0 Å². The van der Waals surface area contributed by atoms with Crippen LogP contribution in [0.1, 0.15) is 15.9 Å². The van der Waals surface area contributed by atoms with Crippen molar-refractivity contribution < 1.29 is 17.9 Å². The van der Waals surface area contributed by atoms with Crippen molar-refractivity contribution in [2.45, 2.75) is 11.8 Å². The van der Waals surface area contributed by atoms with E-state index in [-0.39, 0.29) is 10.8 Å². The molecule has 30 heavy (non-hydrogen) atoms. The summed E-state index contributed by atoms with van der Waals surface area (Å²) in [7, 11) is -3.64. The van der Waals surface area contributed by atoms with Crippen molar-refractivity contribution in [1.82, 2.24) is 14.2 Å². The molecule has 0 saturated carbocycles. The first-order valence-corrected chi connectivity index (χ1v) is 11.5. The van der Waals surface area contributed by atoms with Crippen LogP contribution in [0.5, 0.6) is 0 Å². The smallest absolute Gasteiger partial charge is 0.254 e. The lowest BCUT2D eigenvalue weighted by Crippen LogP contribution is -2.49. The predicted molar refractivity (Wildman–Crippen MR) is 113 cm³/mol. The summed E-state index contributed by atoms with van der Waals surface area (Å²) in [5.41, 5.74) is 1.21. The van der Waals surface area contributed by atoms with E-state index in [1.54, 1.807) is 23.2 Å². The molecule has 0 atom stereocenters. The van der Waals surface area contributed by atoms with E-state index in [9.17, 15) is 13.2 Å². The minimum atomic E-state index is -3.64. The van der Waals surface area contributed by atoms with E-state index in [1.165, 1.54) is 10.4 Å². The van der Waals surface area contributed by atoms with Crippen LogP contribution < -0.4 is 4.90 Å². The monoisotopic (exact) mass is 430 g/mol. The second kappa shape index (κ2) is 8.71. The lowest BCUT2D eigenvalue weighted by Gasteiger charge is -2.35. The molecule has 1 aromatic carbocycles. The van der Waals surface area contributed by atoms with Crippen molar-refractivity contribution >= 4 is 21.7 Å². The second-order valence-electron chi connectivity index (χ2n) is 7.46. The molecule has 1 aromatic heterocycles. The van der Waals surface area contributed by atoms with Crippen molar-refractivity contribution in [1.29, 1.82) is 0 Å². The largest absolute Gasteiger partial charge is 0.379 e. The van der Waals surface area contributed by atoms with E-state index >= 15 is 0 Å². The highest BCUT2D eigenvalue weighted by molar-refractivity contribution is 7.89. The number of aromatic nitrogens is 1. The maximum Gasteiger partial charge on any atom is 0.254 e. The number of anilines is 1. The Morgan fingerprint density at radius 2 is 1.73 bits per heavy atom. The number of amides is 1. The number of piperazine rings is 1. The molecule has 1 amide bonds. The molecule has 2 saturated heterocycles. The first-order valence-electron chi connectivity index (χ1n) is 10.1. The topological polar surface area (TPSA) is 83.0 Å². The van der Waals surface area contributed by atoms with Crippen molar-refractivity contribution in [2.75, 3.05) is 57.4 Å². The van der Waals surface area contributed by atoms with Gasteiger partial charge >= 0.3 is 0 Å². The second-order valence-corrected chi connectivity index (χ2v) is 9.40. The molecule has 4 rings (SSSR count). The summed E-state index contributed by atoms with van der Waals surface area (Å²) in [5, 5.41) is 0. The van der Waals surface area contributed by atoms with Crippen molar-refractivity contribution in [2.24, 2.45) is 0 Å². The van der Waals surface area contributed by atoms with Gasteiger partial charge in [-0.05, 0) is 36.8 Å². The van der Waals surface area contributed by atoms with Crippen LogP contribution in [0.25, 0.3) is 0 Å². The number of pyridine rings is 1. The highest BCUT2D eigenvalue weighted by Crippen LogP contribution is 2.22. The standard InChI is InChI=1S/C21H26N4O4S/c1-17-5-6-18(30(27,28)25-12-14-29-15-13-25)16-19(17)21(26)24-10-8-23(9-11-24)20-4-2-3-7-22-20/h2-7,16H,8-15H2,1H3. The average molecular weight is 431 g/mol. The number of hydrogen-bond donors (Lipinski definition) is 0. The molecule has 0 spiro atoms. The number of carbonyl (C=O) groups excluding carboxylic acids is 1. The maximum absolute atomic E-state index is 13.2. The third kappa shape index (κ3) is 4.19. The summed E-state index contributed by atoms with van der Waals surface area (Å²) in [6.45, 7) is 5.77. The molecule has 2 aliphatic rings. The Kier molecular flexibility index (Phi) is 6.03. The molecule has 0 unspecified atom stereocenters. The molecule has 3 heterocycles. The van der Waals surface area contributed by atoms with Gasteiger partial charge in [0.25, 0.3) is 5.91 Å². The van der Waals surface area contributed by atoms with Gasteiger partial charge in [-0.1, -0.05) is 12.1 Å². The summed E-state index contributed by atoms with van der Waals surface area (Å²) in [6, 6.07) is 10.6.